The Hall–Kier alpha value is -2.12. The van der Waals surface area contributed by atoms with Gasteiger partial charge in [-0.3, -0.25) is 4.57 Å². The van der Waals surface area contributed by atoms with Gasteiger partial charge in [0.15, 0.2) is 5.82 Å². The zero-order valence-corrected chi connectivity index (χ0v) is 20.7. The Morgan fingerprint density at radius 1 is 0.939 bits per heavy atom. The van der Waals surface area contributed by atoms with Gasteiger partial charge in [-0.2, -0.15) is 15.0 Å². The molecule has 1 radical (unpaired) electrons. The van der Waals surface area contributed by atoms with Crippen molar-refractivity contribution >= 4 is 52.5 Å². The van der Waals surface area contributed by atoms with Crippen molar-refractivity contribution in [3.05, 3.63) is 24.0 Å². The zero-order chi connectivity index (χ0) is 22.1. The molecule has 2 aliphatic rings. The summed E-state index contributed by atoms with van der Waals surface area (Å²) in [5.41, 5.74) is 0.785. The minimum atomic E-state index is -2.82. The van der Waals surface area contributed by atoms with Gasteiger partial charge in [0.25, 0.3) is 6.43 Å². The predicted octanol–water partition coefficient (Wildman–Crippen LogP) is 1.02. The summed E-state index contributed by atoms with van der Waals surface area (Å²) in [6.45, 7) is 5.35. The van der Waals surface area contributed by atoms with Crippen LogP contribution in [0.5, 0.6) is 5.75 Å². The summed E-state index contributed by atoms with van der Waals surface area (Å²) in [5.74, 6) is 0.989. The van der Waals surface area contributed by atoms with Crippen molar-refractivity contribution in [3.63, 3.8) is 0 Å². The predicted molar refractivity (Wildman–Crippen MR) is 120 cm³/mol. The molecular weight excluding hydrogens is 445 g/mol. The summed E-state index contributed by atoms with van der Waals surface area (Å²) in [7, 11) is 1.48. The average Bonchev–Trinajstić information content (AvgIpc) is 3.25. The van der Waals surface area contributed by atoms with Gasteiger partial charge in [0.1, 0.15) is 11.3 Å². The largest absolute Gasteiger partial charge is 0.494 e. The van der Waals surface area contributed by atoms with E-state index in [4.69, 9.17) is 9.47 Å². The Morgan fingerprint density at radius 2 is 1.58 bits per heavy atom. The first-order valence-corrected chi connectivity index (χ1v) is 10.5. The number of benzene rings is 1. The average molecular weight is 469 g/mol. The van der Waals surface area contributed by atoms with Crippen LogP contribution >= 0.6 is 0 Å². The van der Waals surface area contributed by atoms with E-state index >= 15 is 0 Å². The van der Waals surface area contributed by atoms with Gasteiger partial charge < -0.3 is 24.6 Å². The fourth-order valence-corrected chi connectivity index (χ4v) is 3.97. The molecule has 0 saturated carbocycles. The number of halogens is 2. The molecule has 2 aliphatic heterocycles. The van der Waals surface area contributed by atoms with Crippen molar-refractivity contribution in [1.82, 2.24) is 29.8 Å². The molecular formula is C20H24F2N8NaO2. The van der Waals surface area contributed by atoms with Crippen LogP contribution in [-0.4, -0.2) is 114 Å². The van der Waals surface area contributed by atoms with Crippen molar-refractivity contribution in [3.8, 4) is 11.7 Å². The van der Waals surface area contributed by atoms with E-state index in [1.54, 1.807) is 18.2 Å². The molecule has 13 heteroatoms. The monoisotopic (exact) mass is 469 g/mol. The van der Waals surface area contributed by atoms with Crippen LogP contribution in [0, 0.1) is 0 Å². The maximum absolute atomic E-state index is 14.1. The summed E-state index contributed by atoms with van der Waals surface area (Å²) in [6, 6.07) is 5.13. The summed E-state index contributed by atoms with van der Waals surface area (Å²) in [6.07, 6.45) is -2.82. The number of morpholine rings is 1. The summed E-state index contributed by atoms with van der Waals surface area (Å²) in [4.78, 5) is 22.1. The van der Waals surface area contributed by atoms with E-state index in [0.29, 0.717) is 68.1 Å². The number of anilines is 2. The molecule has 0 amide bonds. The standard InChI is InChI=1S/C20H24F2N8O2.Na/c1-31-14-4-2-3-13-15(14)24-17(16(21)22)30(13)20-26-18(28-7-5-23-6-8-28)25-19(27-20)29-9-11-32-12-10-29;/h2-4,16,23H,5-12H2,1H3;. The third-order valence-electron chi connectivity index (χ3n) is 5.58. The molecule has 0 spiro atoms. The van der Waals surface area contributed by atoms with Crippen molar-refractivity contribution in [2.24, 2.45) is 0 Å². The van der Waals surface area contributed by atoms with Crippen LogP contribution in [0.2, 0.25) is 0 Å². The molecule has 2 aromatic heterocycles. The number of para-hydroxylation sites is 1. The van der Waals surface area contributed by atoms with Gasteiger partial charge in [-0.25, -0.2) is 13.8 Å². The van der Waals surface area contributed by atoms with Gasteiger partial charge in [0.05, 0.1) is 25.8 Å². The van der Waals surface area contributed by atoms with E-state index in [-0.39, 0.29) is 35.5 Å². The normalized spacial score (nSPS) is 16.8. The summed E-state index contributed by atoms with van der Waals surface area (Å²) in [5, 5.41) is 3.30. The van der Waals surface area contributed by atoms with E-state index in [9.17, 15) is 8.78 Å². The zero-order valence-electron chi connectivity index (χ0n) is 18.7. The van der Waals surface area contributed by atoms with E-state index in [0.717, 1.165) is 13.1 Å². The van der Waals surface area contributed by atoms with Gasteiger partial charge in [-0.15, -0.1) is 0 Å². The van der Waals surface area contributed by atoms with Crippen molar-refractivity contribution in [2.45, 2.75) is 6.43 Å². The van der Waals surface area contributed by atoms with Gasteiger partial charge in [-0.1, -0.05) is 6.07 Å². The number of nitrogens with zero attached hydrogens (tertiary/aromatic N) is 7. The minimum Gasteiger partial charge on any atom is -0.494 e. The van der Waals surface area contributed by atoms with Gasteiger partial charge in [-0.05, 0) is 12.1 Å². The molecule has 0 aliphatic carbocycles. The second-order valence-electron chi connectivity index (χ2n) is 7.51. The Labute approximate surface area is 211 Å². The minimum absolute atomic E-state index is 0. The number of methoxy groups -OCH3 is 1. The molecule has 0 bridgehead atoms. The molecule has 5 rings (SSSR count). The quantitative estimate of drug-likeness (QED) is 0.550. The van der Waals surface area contributed by atoms with Crippen LogP contribution in [0.15, 0.2) is 18.2 Å². The number of fused-ring (bicyclic) bond motifs is 1. The fraction of sp³-hybridized carbons (Fsp3) is 0.500. The van der Waals surface area contributed by atoms with Gasteiger partial charge in [0.2, 0.25) is 17.8 Å². The van der Waals surface area contributed by atoms with E-state index in [2.05, 4.69) is 25.3 Å². The van der Waals surface area contributed by atoms with Crippen molar-refractivity contribution in [2.75, 3.05) is 69.4 Å². The number of rotatable bonds is 5. The van der Waals surface area contributed by atoms with Crippen molar-refractivity contribution in [1.29, 1.82) is 0 Å². The third-order valence-corrected chi connectivity index (χ3v) is 5.58. The second kappa shape index (κ2) is 10.4. The smallest absolute Gasteiger partial charge is 0.296 e. The molecule has 2 saturated heterocycles. The molecule has 0 unspecified atom stereocenters. The van der Waals surface area contributed by atoms with E-state index < -0.39 is 12.2 Å². The van der Waals surface area contributed by atoms with Crippen LogP contribution in [0.1, 0.15) is 12.2 Å². The third kappa shape index (κ3) is 4.76. The molecule has 171 valence electrons. The summed E-state index contributed by atoms with van der Waals surface area (Å²) < 4.78 is 40.2. The van der Waals surface area contributed by atoms with Crippen LogP contribution < -0.4 is 19.9 Å². The first-order valence-electron chi connectivity index (χ1n) is 10.5. The topological polar surface area (TPSA) is 93.5 Å². The van der Waals surface area contributed by atoms with E-state index in [1.807, 2.05) is 9.80 Å². The Kier molecular flexibility index (Phi) is 7.59. The van der Waals surface area contributed by atoms with Crippen molar-refractivity contribution < 1.29 is 18.3 Å². The number of alkyl halides is 2. The maximum atomic E-state index is 14.1. The molecule has 0 atom stereocenters. The first kappa shape index (κ1) is 24.0. The van der Waals surface area contributed by atoms with Gasteiger partial charge >= 0.3 is 0 Å². The molecule has 33 heavy (non-hydrogen) atoms. The van der Waals surface area contributed by atoms with Crippen LogP contribution in [0.25, 0.3) is 17.0 Å². The number of ether oxygens (including phenoxy) is 2. The molecule has 1 aromatic carbocycles. The Bertz CT molecular complexity index is 1070. The second-order valence-corrected chi connectivity index (χ2v) is 7.51. The molecule has 2 fully saturated rings. The Morgan fingerprint density at radius 3 is 2.21 bits per heavy atom. The number of hydrogen-bond acceptors (Lipinski definition) is 9. The van der Waals surface area contributed by atoms with Crippen LogP contribution in [0.4, 0.5) is 20.7 Å². The molecule has 4 heterocycles. The van der Waals surface area contributed by atoms with Crippen LogP contribution in [-0.2, 0) is 4.74 Å². The number of imidazole rings is 1. The number of hydrogen-bond donors (Lipinski definition) is 1. The first-order chi connectivity index (χ1) is 15.7. The summed E-state index contributed by atoms with van der Waals surface area (Å²) >= 11 is 0. The number of piperazine rings is 1. The van der Waals surface area contributed by atoms with Gasteiger partial charge in [0, 0.05) is 68.8 Å². The molecule has 1 N–H and O–H groups in total. The Balaban J connectivity index is 0.00000259. The fourth-order valence-electron chi connectivity index (χ4n) is 3.97. The number of aromatic nitrogens is 5. The molecule has 3 aromatic rings. The maximum Gasteiger partial charge on any atom is 0.296 e. The number of nitrogens with one attached hydrogen (secondary N) is 1. The SMILES string of the molecule is COc1cccc2c1nc(C(F)F)n2-c1nc(N2CCNCC2)nc(N2CCOCC2)n1.[Na]. The van der Waals surface area contributed by atoms with E-state index in [1.165, 1.54) is 11.7 Å². The van der Waals surface area contributed by atoms with Crippen LogP contribution in [0.3, 0.4) is 0 Å². The molecule has 10 nitrogen and oxygen atoms in total.